The first-order valence-corrected chi connectivity index (χ1v) is 4.08. The number of rotatable bonds is 4. The standard InChI is InChI=1S/C12H10O2/c1-9(7-13)11-4-3-5-12(6-11)10(2)8-14/h3-8H,1-2H2. The Morgan fingerprint density at radius 2 is 1.43 bits per heavy atom. The summed E-state index contributed by atoms with van der Waals surface area (Å²) < 4.78 is 0. The molecule has 70 valence electrons. The molecular weight excluding hydrogens is 176 g/mol. The number of hydrogen-bond acceptors (Lipinski definition) is 2. The van der Waals surface area contributed by atoms with Crippen molar-refractivity contribution in [2.45, 2.75) is 0 Å². The summed E-state index contributed by atoms with van der Waals surface area (Å²) >= 11 is 0. The van der Waals surface area contributed by atoms with E-state index in [1.807, 2.05) is 0 Å². The van der Waals surface area contributed by atoms with Crippen molar-refractivity contribution < 1.29 is 9.59 Å². The second kappa shape index (κ2) is 4.33. The van der Waals surface area contributed by atoms with E-state index in [-0.39, 0.29) is 0 Å². The van der Waals surface area contributed by atoms with Crippen molar-refractivity contribution in [3.8, 4) is 0 Å². The second-order valence-corrected chi connectivity index (χ2v) is 2.87. The topological polar surface area (TPSA) is 34.1 Å². The van der Waals surface area contributed by atoms with Gasteiger partial charge in [0.1, 0.15) is 12.6 Å². The number of allylic oxidation sites excluding steroid dienone is 2. The lowest BCUT2D eigenvalue weighted by molar-refractivity contribution is -0.104. The quantitative estimate of drug-likeness (QED) is 0.533. The zero-order valence-corrected chi connectivity index (χ0v) is 7.69. The number of carbonyl (C=O) groups excluding carboxylic acids is 2. The van der Waals surface area contributed by atoms with Gasteiger partial charge in [-0.25, -0.2) is 0 Å². The van der Waals surface area contributed by atoms with Crippen LogP contribution in [0.4, 0.5) is 0 Å². The fraction of sp³-hybridized carbons (Fsp3) is 0. The van der Waals surface area contributed by atoms with Crippen molar-refractivity contribution in [2.75, 3.05) is 0 Å². The zero-order valence-electron chi connectivity index (χ0n) is 7.69. The lowest BCUT2D eigenvalue weighted by atomic mass is 10.0. The maximum atomic E-state index is 10.5. The number of hydrogen-bond donors (Lipinski definition) is 0. The largest absolute Gasteiger partial charge is 0.298 e. The van der Waals surface area contributed by atoms with Gasteiger partial charge in [0.25, 0.3) is 0 Å². The number of benzene rings is 1. The molecule has 2 heteroatoms. The van der Waals surface area contributed by atoms with Crippen LogP contribution in [0, 0.1) is 0 Å². The van der Waals surface area contributed by atoms with Gasteiger partial charge in [0.2, 0.25) is 0 Å². The number of carbonyl (C=O) groups is 2. The van der Waals surface area contributed by atoms with Gasteiger partial charge >= 0.3 is 0 Å². The highest BCUT2D eigenvalue weighted by Gasteiger charge is 2.01. The summed E-state index contributed by atoms with van der Waals surface area (Å²) in [5, 5.41) is 0. The summed E-state index contributed by atoms with van der Waals surface area (Å²) in [6.07, 6.45) is 1.37. The highest BCUT2D eigenvalue weighted by atomic mass is 16.1. The van der Waals surface area contributed by atoms with Crippen LogP contribution in [-0.4, -0.2) is 12.6 Å². The third-order valence-electron chi connectivity index (χ3n) is 1.89. The summed E-state index contributed by atoms with van der Waals surface area (Å²) in [5.41, 5.74) is 2.21. The van der Waals surface area contributed by atoms with Crippen LogP contribution in [0.3, 0.4) is 0 Å². The average Bonchev–Trinajstić information content (AvgIpc) is 2.27. The van der Waals surface area contributed by atoms with Crippen LogP contribution in [0.5, 0.6) is 0 Å². The molecule has 0 aliphatic carbocycles. The zero-order chi connectivity index (χ0) is 10.6. The van der Waals surface area contributed by atoms with Gasteiger partial charge in [0, 0.05) is 11.1 Å². The summed E-state index contributed by atoms with van der Waals surface area (Å²) in [5.74, 6) is 0. The first-order chi connectivity index (χ1) is 6.69. The molecule has 2 nitrogen and oxygen atoms in total. The molecule has 0 aliphatic heterocycles. The second-order valence-electron chi connectivity index (χ2n) is 2.87. The predicted octanol–water partition coefficient (Wildman–Crippen LogP) is 2.11. The van der Waals surface area contributed by atoms with Crippen LogP contribution >= 0.6 is 0 Å². The molecule has 0 radical (unpaired) electrons. The predicted molar refractivity (Wildman–Crippen MR) is 56.6 cm³/mol. The third-order valence-corrected chi connectivity index (χ3v) is 1.89. The van der Waals surface area contributed by atoms with E-state index in [2.05, 4.69) is 13.2 Å². The Morgan fingerprint density at radius 1 is 1.00 bits per heavy atom. The van der Waals surface area contributed by atoms with E-state index in [0.29, 0.717) is 34.8 Å². The van der Waals surface area contributed by atoms with Crippen molar-refractivity contribution in [1.29, 1.82) is 0 Å². The van der Waals surface area contributed by atoms with Gasteiger partial charge in [-0.1, -0.05) is 31.4 Å². The third kappa shape index (κ3) is 2.04. The highest BCUT2D eigenvalue weighted by Crippen LogP contribution is 2.16. The van der Waals surface area contributed by atoms with E-state index in [9.17, 15) is 9.59 Å². The smallest absolute Gasteiger partial charge is 0.150 e. The van der Waals surface area contributed by atoms with E-state index in [1.165, 1.54) is 0 Å². The molecule has 1 rings (SSSR count). The Kier molecular flexibility index (Phi) is 3.13. The van der Waals surface area contributed by atoms with Crippen LogP contribution < -0.4 is 0 Å². The van der Waals surface area contributed by atoms with E-state index >= 15 is 0 Å². The van der Waals surface area contributed by atoms with Crippen molar-refractivity contribution in [3.05, 3.63) is 48.6 Å². The molecule has 1 aromatic carbocycles. The monoisotopic (exact) mass is 186 g/mol. The Bertz CT molecular complexity index is 367. The fourth-order valence-electron chi connectivity index (χ4n) is 1.05. The molecular formula is C12H10O2. The van der Waals surface area contributed by atoms with Crippen molar-refractivity contribution in [1.82, 2.24) is 0 Å². The summed E-state index contributed by atoms with van der Waals surface area (Å²) in [7, 11) is 0. The summed E-state index contributed by atoms with van der Waals surface area (Å²) in [4.78, 5) is 20.9. The molecule has 0 bridgehead atoms. The molecule has 0 atom stereocenters. The molecule has 0 aromatic heterocycles. The highest BCUT2D eigenvalue weighted by molar-refractivity contribution is 6.08. The minimum Gasteiger partial charge on any atom is -0.298 e. The maximum absolute atomic E-state index is 10.5. The Hall–Kier alpha value is -1.96. The molecule has 0 saturated heterocycles. The van der Waals surface area contributed by atoms with E-state index in [4.69, 9.17) is 0 Å². The lowest BCUT2D eigenvalue weighted by Gasteiger charge is -2.02. The van der Waals surface area contributed by atoms with Crippen LogP contribution in [0.15, 0.2) is 37.4 Å². The van der Waals surface area contributed by atoms with Gasteiger partial charge in [-0.3, -0.25) is 9.59 Å². The van der Waals surface area contributed by atoms with Crippen LogP contribution in [0.1, 0.15) is 11.1 Å². The Morgan fingerprint density at radius 3 is 1.79 bits per heavy atom. The normalized spacial score (nSPS) is 9.14. The van der Waals surface area contributed by atoms with E-state index in [1.54, 1.807) is 24.3 Å². The van der Waals surface area contributed by atoms with Crippen molar-refractivity contribution >= 4 is 23.7 Å². The molecule has 0 aliphatic rings. The van der Waals surface area contributed by atoms with Gasteiger partial charge in [-0.2, -0.15) is 0 Å². The fourth-order valence-corrected chi connectivity index (χ4v) is 1.05. The summed E-state index contributed by atoms with van der Waals surface area (Å²) in [6.45, 7) is 7.17. The SMILES string of the molecule is C=C(C=O)c1cccc(C(=C)C=O)c1. The maximum Gasteiger partial charge on any atom is 0.150 e. The van der Waals surface area contributed by atoms with Crippen LogP contribution in [-0.2, 0) is 9.59 Å². The van der Waals surface area contributed by atoms with Crippen LogP contribution in [0.25, 0.3) is 11.1 Å². The Balaban J connectivity index is 3.12. The molecule has 0 fully saturated rings. The molecule has 14 heavy (non-hydrogen) atoms. The van der Waals surface area contributed by atoms with Gasteiger partial charge < -0.3 is 0 Å². The van der Waals surface area contributed by atoms with Gasteiger partial charge in [0.15, 0.2) is 0 Å². The molecule has 0 saturated carbocycles. The molecule has 0 unspecified atom stereocenters. The van der Waals surface area contributed by atoms with Crippen molar-refractivity contribution in [3.63, 3.8) is 0 Å². The molecule has 0 spiro atoms. The number of aldehydes is 2. The first kappa shape index (κ1) is 10.1. The minimum absolute atomic E-state index is 0.394. The molecule has 1 aromatic rings. The Labute approximate surface area is 82.6 Å². The van der Waals surface area contributed by atoms with Gasteiger partial charge in [0.05, 0.1) is 0 Å². The minimum atomic E-state index is 0.394. The lowest BCUT2D eigenvalue weighted by Crippen LogP contribution is -1.88. The van der Waals surface area contributed by atoms with E-state index in [0.717, 1.165) is 0 Å². The molecule has 0 N–H and O–H groups in total. The first-order valence-electron chi connectivity index (χ1n) is 4.08. The summed E-state index contributed by atoms with van der Waals surface area (Å²) in [6, 6.07) is 7.00. The van der Waals surface area contributed by atoms with Gasteiger partial charge in [-0.15, -0.1) is 0 Å². The van der Waals surface area contributed by atoms with Crippen LogP contribution in [0.2, 0.25) is 0 Å². The van der Waals surface area contributed by atoms with E-state index < -0.39 is 0 Å². The van der Waals surface area contributed by atoms with Crippen molar-refractivity contribution in [2.24, 2.45) is 0 Å². The average molecular weight is 186 g/mol. The molecule has 0 heterocycles. The van der Waals surface area contributed by atoms with Gasteiger partial charge in [-0.05, 0) is 17.2 Å². The molecule has 0 amide bonds.